The van der Waals surface area contributed by atoms with Crippen LogP contribution in [-0.4, -0.2) is 35.5 Å². The van der Waals surface area contributed by atoms with Gasteiger partial charge in [0.2, 0.25) is 5.56 Å². The number of morpholine rings is 1. The van der Waals surface area contributed by atoms with Crippen LogP contribution in [0.1, 0.15) is 22.0 Å². The van der Waals surface area contributed by atoms with Crippen LogP contribution in [0.4, 0.5) is 0 Å². The quantitative estimate of drug-likeness (QED) is 0.923. The molecule has 114 valence electrons. The summed E-state index contributed by atoms with van der Waals surface area (Å²) in [4.78, 5) is 27.8. The smallest absolute Gasteiger partial charge is 0.255 e. The second kappa shape index (κ2) is 6.34. The summed E-state index contributed by atoms with van der Waals surface area (Å²) < 4.78 is 5.74. The molecule has 0 aliphatic carbocycles. The van der Waals surface area contributed by atoms with Gasteiger partial charge in [-0.15, -0.1) is 0 Å². The average molecular weight is 319 g/mol. The largest absolute Gasteiger partial charge is 0.370 e. The van der Waals surface area contributed by atoms with Gasteiger partial charge in [0.15, 0.2) is 0 Å². The molecular weight excluding hydrogens is 304 g/mol. The molecule has 1 aliphatic heterocycles. The van der Waals surface area contributed by atoms with Gasteiger partial charge in [-0.25, -0.2) is 0 Å². The van der Waals surface area contributed by atoms with Crippen LogP contribution in [0, 0.1) is 0 Å². The molecule has 1 amide bonds. The van der Waals surface area contributed by atoms with Gasteiger partial charge in [0.1, 0.15) is 6.10 Å². The highest BCUT2D eigenvalue weighted by Gasteiger charge is 2.26. The van der Waals surface area contributed by atoms with Crippen molar-refractivity contribution in [1.82, 2.24) is 9.88 Å². The molecule has 0 saturated carbocycles. The molecule has 1 atom stereocenters. The number of carbonyl (C=O) groups excluding carboxylic acids is 1. The maximum Gasteiger partial charge on any atom is 0.255 e. The Morgan fingerprint density at radius 1 is 1.23 bits per heavy atom. The number of ether oxygens (including phenoxy) is 1. The molecule has 3 rings (SSSR count). The summed E-state index contributed by atoms with van der Waals surface area (Å²) in [6.45, 7) is 1.48. The number of carbonyl (C=O) groups is 1. The van der Waals surface area contributed by atoms with E-state index in [0.717, 1.165) is 5.56 Å². The summed E-state index contributed by atoms with van der Waals surface area (Å²) in [6.07, 6.45) is 1.27. The minimum absolute atomic E-state index is 0.112. The van der Waals surface area contributed by atoms with Crippen LogP contribution in [0.3, 0.4) is 0 Å². The van der Waals surface area contributed by atoms with E-state index >= 15 is 0 Å². The topological polar surface area (TPSA) is 62.4 Å². The molecule has 1 aromatic carbocycles. The van der Waals surface area contributed by atoms with E-state index in [1.54, 1.807) is 4.90 Å². The van der Waals surface area contributed by atoms with E-state index in [0.29, 0.717) is 30.3 Å². The van der Waals surface area contributed by atoms with Crippen LogP contribution in [0.2, 0.25) is 5.02 Å². The maximum absolute atomic E-state index is 12.5. The summed E-state index contributed by atoms with van der Waals surface area (Å²) in [5, 5.41) is 0.667. The number of hydrogen-bond acceptors (Lipinski definition) is 3. The van der Waals surface area contributed by atoms with Gasteiger partial charge in [-0.1, -0.05) is 23.7 Å². The van der Waals surface area contributed by atoms with Crippen molar-refractivity contribution < 1.29 is 9.53 Å². The number of nitrogens with one attached hydrogen (secondary N) is 1. The first-order valence-corrected chi connectivity index (χ1v) is 7.36. The zero-order valence-corrected chi connectivity index (χ0v) is 12.5. The third-order valence-electron chi connectivity index (χ3n) is 3.63. The number of H-pyrrole nitrogens is 1. The van der Waals surface area contributed by atoms with Gasteiger partial charge < -0.3 is 14.6 Å². The normalized spacial score (nSPS) is 18.2. The third kappa shape index (κ3) is 3.21. The fourth-order valence-corrected chi connectivity index (χ4v) is 2.56. The Morgan fingerprint density at radius 3 is 2.68 bits per heavy atom. The van der Waals surface area contributed by atoms with E-state index in [2.05, 4.69) is 4.98 Å². The number of nitrogens with zero attached hydrogens (tertiary/aromatic N) is 1. The SMILES string of the molecule is O=C(c1ccc(=O)[nH]c1)N1CCO[C@H](c2ccc(Cl)cc2)C1. The van der Waals surface area contributed by atoms with Crippen LogP contribution in [0.5, 0.6) is 0 Å². The van der Waals surface area contributed by atoms with Crippen molar-refractivity contribution in [3.63, 3.8) is 0 Å². The van der Waals surface area contributed by atoms with Gasteiger partial charge in [0.05, 0.1) is 18.7 Å². The van der Waals surface area contributed by atoms with E-state index in [1.165, 1.54) is 18.3 Å². The van der Waals surface area contributed by atoms with Gasteiger partial charge in [-0.05, 0) is 23.8 Å². The highest BCUT2D eigenvalue weighted by Crippen LogP contribution is 2.24. The molecule has 1 aromatic heterocycles. The standard InChI is InChI=1S/C16H15ClN2O3/c17-13-4-1-11(2-5-13)14-10-19(7-8-22-14)16(21)12-3-6-15(20)18-9-12/h1-6,9,14H,7-8,10H2,(H,18,20)/t14-/m0/s1. The van der Waals surface area contributed by atoms with Crippen LogP contribution in [0.25, 0.3) is 0 Å². The fraction of sp³-hybridized carbons (Fsp3) is 0.250. The van der Waals surface area contributed by atoms with Crippen molar-refractivity contribution in [3.05, 3.63) is 69.1 Å². The van der Waals surface area contributed by atoms with Gasteiger partial charge in [0.25, 0.3) is 5.91 Å². The van der Waals surface area contributed by atoms with Crippen LogP contribution < -0.4 is 5.56 Å². The minimum atomic E-state index is -0.224. The van der Waals surface area contributed by atoms with Crippen molar-refractivity contribution in [3.8, 4) is 0 Å². The lowest BCUT2D eigenvalue weighted by molar-refractivity contribution is -0.0228. The van der Waals surface area contributed by atoms with Crippen LogP contribution in [0.15, 0.2) is 47.4 Å². The van der Waals surface area contributed by atoms with E-state index in [1.807, 2.05) is 24.3 Å². The summed E-state index contributed by atoms with van der Waals surface area (Å²) in [5.41, 5.74) is 1.23. The predicted molar refractivity (Wildman–Crippen MR) is 83.1 cm³/mol. The molecule has 1 fully saturated rings. The van der Waals surface area contributed by atoms with E-state index < -0.39 is 0 Å². The zero-order valence-electron chi connectivity index (χ0n) is 11.8. The number of pyridine rings is 1. The van der Waals surface area contributed by atoms with Crippen LogP contribution >= 0.6 is 11.6 Å². The Hall–Kier alpha value is -2.11. The Labute approximate surface area is 132 Å². The second-order valence-corrected chi connectivity index (χ2v) is 5.54. The maximum atomic E-state index is 12.5. The molecule has 2 aromatic rings. The Kier molecular flexibility index (Phi) is 4.27. The summed E-state index contributed by atoms with van der Waals surface area (Å²) in [6, 6.07) is 10.3. The molecule has 0 bridgehead atoms. The number of aromatic nitrogens is 1. The zero-order chi connectivity index (χ0) is 15.5. The van der Waals surface area contributed by atoms with Gasteiger partial charge in [-0.2, -0.15) is 0 Å². The highest BCUT2D eigenvalue weighted by molar-refractivity contribution is 6.30. The molecule has 1 saturated heterocycles. The first-order chi connectivity index (χ1) is 10.6. The van der Waals surface area contributed by atoms with Crippen molar-refractivity contribution in [2.24, 2.45) is 0 Å². The minimum Gasteiger partial charge on any atom is -0.370 e. The van der Waals surface area contributed by atoms with Crippen molar-refractivity contribution in [2.45, 2.75) is 6.10 Å². The van der Waals surface area contributed by atoms with Gasteiger partial charge in [0, 0.05) is 23.8 Å². The lowest BCUT2D eigenvalue weighted by Gasteiger charge is -2.33. The molecule has 1 N–H and O–H groups in total. The van der Waals surface area contributed by atoms with E-state index in [-0.39, 0.29) is 17.6 Å². The Balaban J connectivity index is 1.75. The molecule has 0 unspecified atom stereocenters. The molecule has 6 heteroatoms. The van der Waals surface area contributed by atoms with E-state index in [4.69, 9.17) is 16.3 Å². The molecule has 22 heavy (non-hydrogen) atoms. The molecule has 2 heterocycles. The number of rotatable bonds is 2. The third-order valence-corrected chi connectivity index (χ3v) is 3.88. The molecule has 0 radical (unpaired) electrons. The Bertz CT molecular complexity index is 706. The Morgan fingerprint density at radius 2 is 2.00 bits per heavy atom. The lowest BCUT2D eigenvalue weighted by atomic mass is 10.1. The van der Waals surface area contributed by atoms with Crippen molar-refractivity contribution >= 4 is 17.5 Å². The number of hydrogen-bond donors (Lipinski definition) is 1. The number of aromatic amines is 1. The summed E-state index contributed by atoms with van der Waals surface area (Å²) >= 11 is 5.89. The van der Waals surface area contributed by atoms with Crippen molar-refractivity contribution in [1.29, 1.82) is 0 Å². The first-order valence-electron chi connectivity index (χ1n) is 6.98. The predicted octanol–water partition coefficient (Wildman–Crippen LogP) is 2.24. The summed E-state index contributed by atoms with van der Waals surface area (Å²) in [7, 11) is 0. The van der Waals surface area contributed by atoms with Gasteiger partial charge >= 0.3 is 0 Å². The fourth-order valence-electron chi connectivity index (χ4n) is 2.44. The number of halogens is 1. The van der Waals surface area contributed by atoms with E-state index in [9.17, 15) is 9.59 Å². The van der Waals surface area contributed by atoms with Crippen LogP contribution in [-0.2, 0) is 4.74 Å². The number of amides is 1. The second-order valence-electron chi connectivity index (χ2n) is 5.10. The summed E-state index contributed by atoms with van der Waals surface area (Å²) in [5.74, 6) is -0.112. The average Bonchev–Trinajstić information content (AvgIpc) is 2.56. The van der Waals surface area contributed by atoms with Crippen molar-refractivity contribution in [2.75, 3.05) is 19.7 Å². The van der Waals surface area contributed by atoms with Gasteiger partial charge in [-0.3, -0.25) is 9.59 Å². The number of benzene rings is 1. The molecular formula is C16H15ClN2O3. The molecule has 1 aliphatic rings. The first kappa shape index (κ1) is 14.8. The lowest BCUT2D eigenvalue weighted by Crippen LogP contribution is -2.42. The monoisotopic (exact) mass is 318 g/mol. The molecule has 5 nitrogen and oxygen atoms in total. The highest BCUT2D eigenvalue weighted by atomic mass is 35.5. The molecule has 0 spiro atoms.